The molecular formula is C17H13F5N2O4S. The summed E-state index contributed by atoms with van der Waals surface area (Å²) in [7, 11) is 0. The number of carbonyl (C=O) groups excluding carboxylic acids is 2. The Kier molecular flexibility index (Phi) is 5.91. The molecule has 1 aliphatic heterocycles. The Bertz CT molecular complexity index is 902. The van der Waals surface area contributed by atoms with Crippen molar-refractivity contribution in [3.8, 4) is 11.5 Å². The first-order valence-corrected chi connectivity index (χ1v) is 9.02. The van der Waals surface area contributed by atoms with Crippen LogP contribution in [0.3, 0.4) is 0 Å². The van der Waals surface area contributed by atoms with Crippen molar-refractivity contribution in [2.24, 2.45) is 0 Å². The Morgan fingerprint density at radius 3 is 2.72 bits per heavy atom. The standard InChI is InChI=1S/C17H13F5N2O4S/c18-16(19)27-12-5-7-29-13(12)14(25)23-11-4-6-24(15(11)26)9-2-1-3-10(8-9)28-17(20,21)22/h1-3,5,7-8,11,16H,4,6H2,(H,23,25). The molecule has 0 spiro atoms. The minimum Gasteiger partial charge on any atom is -0.433 e. The van der Waals surface area contributed by atoms with Crippen LogP contribution in [0.2, 0.25) is 0 Å². The Morgan fingerprint density at radius 2 is 2.03 bits per heavy atom. The summed E-state index contributed by atoms with van der Waals surface area (Å²) in [5, 5.41) is 3.83. The summed E-state index contributed by atoms with van der Waals surface area (Å²) in [4.78, 5) is 26.0. The zero-order valence-electron chi connectivity index (χ0n) is 14.4. The van der Waals surface area contributed by atoms with Gasteiger partial charge in [0.15, 0.2) is 0 Å². The third-order valence-electron chi connectivity index (χ3n) is 3.93. The number of halogens is 5. The summed E-state index contributed by atoms with van der Waals surface area (Å²) < 4.78 is 70.0. The first-order chi connectivity index (χ1) is 13.6. The molecule has 1 unspecified atom stereocenters. The maximum Gasteiger partial charge on any atom is 0.573 e. The molecule has 0 aliphatic carbocycles. The van der Waals surface area contributed by atoms with E-state index in [-0.39, 0.29) is 29.3 Å². The second-order valence-electron chi connectivity index (χ2n) is 5.84. The van der Waals surface area contributed by atoms with E-state index in [1.807, 2.05) is 0 Å². The fourth-order valence-corrected chi connectivity index (χ4v) is 3.52. The average Bonchev–Trinajstić information content (AvgIpc) is 3.20. The quantitative estimate of drug-likeness (QED) is 0.700. The maximum atomic E-state index is 12.6. The van der Waals surface area contributed by atoms with E-state index in [9.17, 15) is 31.5 Å². The Labute approximate surface area is 164 Å². The highest BCUT2D eigenvalue weighted by molar-refractivity contribution is 7.12. The highest BCUT2D eigenvalue weighted by atomic mass is 32.1. The first kappa shape index (κ1) is 20.8. The van der Waals surface area contributed by atoms with Crippen molar-refractivity contribution in [2.45, 2.75) is 25.4 Å². The zero-order valence-corrected chi connectivity index (χ0v) is 15.2. The molecule has 0 saturated carbocycles. The van der Waals surface area contributed by atoms with Crippen LogP contribution in [0.1, 0.15) is 16.1 Å². The number of amides is 2. The molecule has 1 aliphatic rings. The van der Waals surface area contributed by atoms with Gasteiger partial charge in [-0.15, -0.1) is 24.5 Å². The SMILES string of the molecule is O=C(NC1CCN(c2cccc(OC(F)(F)F)c2)C1=O)c1sccc1OC(F)F. The van der Waals surface area contributed by atoms with E-state index in [2.05, 4.69) is 14.8 Å². The van der Waals surface area contributed by atoms with E-state index >= 15 is 0 Å². The fraction of sp³-hybridized carbons (Fsp3) is 0.294. The minimum atomic E-state index is -4.87. The van der Waals surface area contributed by atoms with Crippen LogP contribution in [0.5, 0.6) is 11.5 Å². The van der Waals surface area contributed by atoms with Crippen molar-refractivity contribution in [2.75, 3.05) is 11.4 Å². The van der Waals surface area contributed by atoms with Gasteiger partial charge in [0.1, 0.15) is 22.4 Å². The molecule has 1 N–H and O–H groups in total. The van der Waals surface area contributed by atoms with Crippen LogP contribution in [0.15, 0.2) is 35.7 Å². The van der Waals surface area contributed by atoms with Gasteiger partial charge < -0.3 is 19.7 Å². The number of nitrogens with one attached hydrogen (secondary N) is 1. The number of alkyl halides is 5. The summed E-state index contributed by atoms with van der Waals surface area (Å²) in [6, 6.07) is 5.13. The third-order valence-corrected chi connectivity index (χ3v) is 4.82. The number of hydrogen-bond acceptors (Lipinski definition) is 5. The van der Waals surface area contributed by atoms with Crippen LogP contribution >= 0.6 is 11.3 Å². The van der Waals surface area contributed by atoms with Gasteiger partial charge >= 0.3 is 13.0 Å². The number of thiophene rings is 1. The molecule has 1 fully saturated rings. The number of hydrogen-bond donors (Lipinski definition) is 1. The van der Waals surface area contributed by atoms with Crippen LogP contribution in [0.4, 0.5) is 27.6 Å². The Hall–Kier alpha value is -2.89. The van der Waals surface area contributed by atoms with Gasteiger partial charge in [-0.1, -0.05) is 6.07 Å². The molecule has 29 heavy (non-hydrogen) atoms. The summed E-state index contributed by atoms with van der Waals surface area (Å²) in [5.41, 5.74) is 0.173. The van der Waals surface area contributed by atoms with E-state index in [1.54, 1.807) is 0 Å². The minimum absolute atomic E-state index is 0.114. The van der Waals surface area contributed by atoms with Crippen molar-refractivity contribution in [1.29, 1.82) is 0 Å². The number of anilines is 1. The van der Waals surface area contributed by atoms with Crippen molar-refractivity contribution in [1.82, 2.24) is 5.32 Å². The molecule has 156 valence electrons. The van der Waals surface area contributed by atoms with Gasteiger partial charge in [-0.2, -0.15) is 8.78 Å². The van der Waals surface area contributed by atoms with Gasteiger partial charge in [-0.3, -0.25) is 9.59 Å². The molecule has 3 rings (SSSR count). The summed E-state index contributed by atoms with van der Waals surface area (Å²) in [5.74, 6) is -2.09. The number of benzene rings is 1. The lowest BCUT2D eigenvalue weighted by atomic mass is 10.2. The largest absolute Gasteiger partial charge is 0.573 e. The first-order valence-electron chi connectivity index (χ1n) is 8.14. The van der Waals surface area contributed by atoms with Gasteiger partial charge in [0.05, 0.1) is 0 Å². The van der Waals surface area contributed by atoms with Crippen LogP contribution < -0.4 is 19.7 Å². The topological polar surface area (TPSA) is 67.9 Å². The van der Waals surface area contributed by atoms with Gasteiger partial charge in [0.2, 0.25) is 5.91 Å². The van der Waals surface area contributed by atoms with Crippen LogP contribution in [0, 0.1) is 0 Å². The van der Waals surface area contributed by atoms with Crippen molar-refractivity contribution in [3.63, 3.8) is 0 Å². The van der Waals surface area contributed by atoms with Gasteiger partial charge in [-0.05, 0) is 30.0 Å². The second-order valence-corrected chi connectivity index (χ2v) is 6.76. The zero-order chi connectivity index (χ0) is 21.2. The lowest BCUT2D eigenvalue weighted by molar-refractivity contribution is -0.274. The van der Waals surface area contributed by atoms with Gasteiger partial charge in [-0.25, -0.2) is 0 Å². The normalized spacial score (nSPS) is 17.0. The molecule has 0 bridgehead atoms. The highest BCUT2D eigenvalue weighted by Gasteiger charge is 2.35. The molecule has 1 aromatic carbocycles. The third kappa shape index (κ3) is 5.13. The highest BCUT2D eigenvalue weighted by Crippen LogP contribution is 2.30. The van der Waals surface area contributed by atoms with Gasteiger partial charge in [0.25, 0.3) is 5.91 Å². The monoisotopic (exact) mass is 436 g/mol. The van der Waals surface area contributed by atoms with E-state index in [1.165, 1.54) is 28.5 Å². The summed E-state index contributed by atoms with van der Waals surface area (Å²) in [6.45, 7) is -2.96. The predicted molar refractivity (Wildman–Crippen MR) is 92.3 cm³/mol. The molecule has 12 heteroatoms. The summed E-state index contributed by atoms with van der Waals surface area (Å²) >= 11 is 0.870. The molecule has 1 saturated heterocycles. The van der Waals surface area contributed by atoms with Crippen molar-refractivity contribution in [3.05, 3.63) is 40.6 Å². The van der Waals surface area contributed by atoms with Crippen molar-refractivity contribution >= 4 is 28.8 Å². The Balaban J connectivity index is 1.68. The van der Waals surface area contributed by atoms with Crippen LogP contribution in [-0.2, 0) is 4.79 Å². The lowest BCUT2D eigenvalue weighted by Gasteiger charge is -2.18. The second kappa shape index (κ2) is 8.23. The smallest absolute Gasteiger partial charge is 0.433 e. The molecule has 2 aromatic rings. The molecule has 6 nitrogen and oxygen atoms in total. The Morgan fingerprint density at radius 1 is 1.28 bits per heavy atom. The van der Waals surface area contributed by atoms with E-state index < -0.39 is 36.6 Å². The molecule has 2 heterocycles. The van der Waals surface area contributed by atoms with Crippen LogP contribution in [-0.4, -0.2) is 37.4 Å². The van der Waals surface area contributed by atoms with E-state index in [4.69, 9.17) is 0 Å². The number of ether oxygens (including phenoxy) is 2. The summed E-state index contributed by atoms with van der Waals surface area (Å²) in [6.07, 6.45) is -4.69. The fourth-order valence-electron chi connectivity index (χ4n) is 2.79. The molecular weight excluding hydrogens is 423 g/mol. The molecule has 0 radical (unpaired) electrons. The van der Waals surface area contributed by atoms with Crippen LogP contribution in [0.25, 0.3) is 0 Å². The maximum absolute atomic E-state index is 12.6. The average molecular weight is 436 g/mol. The lowest BCUT2D eigenvalue weighted by Crippen LogP contribution is -2.41. The molecule has 2 amide bonds. The van der Waals surface area contributed by atoms with E-state index in [0.717, 1.165) is 23.5 Å². The number of nitrogens with zero attached hydrogens (tertiary/aromatic N) is 1. The molecule has 1 aromatic heterocycles. The number of rotatable bonds is 6. The number of carbonyl (C=O) groups is 2. The predicted octanol–water partition coefficient (Wildman–Crippen LogP) is 3.78. The van der Waals surface area contributed by atoms with Gasteiger partial charge in [0, 0.05) is 18.3 Å². The molecule has 1 atom stereocenters. The van der Waals surface area contributed by atoms with Crippen molar-refractivity contribution < 1.29 is 41.0 Å². The van der Waals surface area contributed by atoms with E-state index in [0.29, 0.717) is 0 Å².